The molecule has 4 aromatic heterocycles. The minimum absolute atomic E-state index is 0. The van der Waals surface area contributed by atoms with Crippen LogP contribution in [-0.4, -0.2) is 81.0 Å². The summed E-state index contributed by atoms with van der Waals surface area (Å²) in [6, 6.07) is 10.8. The van der Waals surface area contributed by atoms with Gasteiger partial charge in [-0.1, -0.05) is 48.5 Å². The van der Waals surface area contributed by atoms with Gasteiger partial charge in [-0.2, -0.15) is 6.26 Å². The number of rotatable bonds is 6. The monoisotopic (exact) mass is 1710 g/mol. The summed E-state index contributed by atoms with van der Waals surface area (Å²) in [4.78, 5) is 43.2. The minimum Gasteiger partial charge on any atom is -0.796 e. The first-order valence-electron chi connectivity index (χ1n) is 13.9. The van der Waals surface area contributed by atoms with Gasteiger partial charge in [0.2, 0.25) is 0 Å². The van der Waals surface area contributed by atoms with Crippen molar-refractivity contribution < 1.29 is 98.3 Å². The molecule has 32 heteroatoms. The number of thioether (sulfide) groups is 1. The first-order chi connectivity index (χ1) is 26.4. The van der Waals surface area contributed by atoms with Gasteiger partial charge in [0.15, 0.2) is 29.7 Å². The second-order valence-electron chi connectivity index (χ2n) is 8.56. The van der Waals surface area contributed by atoms with Crippen molar-refractivity contribution in [2.24, 2.45) is 0 Å². The van der Waals surface area contributed by atoms with Gasteiger partial charge in [0.05, 0.1) is 31.7 Å². The Morgan fingerprint density at radius 1 is 0.738 bits per heavy atom. The third kappa shape index (κ3) is 48.3. The maximum absolute atomic E-state index is 10.9. The number of nitrogen functional groups attached to an aromatic ring is 1. The molecule has 18 nitrogen and oxygen atoms in total. The van der Waals surface area contributed by atoms with Crippen molar-refractivity contribution >= 4 is 214 Å². The zero-order valence-electron chi connectivity index (χ0n) is 31.7. The number of nitrogens with zero attached hydrogens (tertiary/aromatic N) is 7. The van der Waals surface area contributed by atoms with Gasteiger partial charge in [0.1, 0.15) is 23.7 Å². The van der Waals surface area contributed by atoms with E-state index < -0.39 is 34.4 Å². The van der Waals surface area contributed by atoms with E-state index in [9.17, 15) is 47.2 Å². The van der Waals surface area contributed by atoms with Gasteiger partial charge in [-0.15, -0.1) is 11.7 Å². The van der Waals surface area contributed by atoms with Crippen LogP contribution in [0, 0.1) is 32.7 Å². The van der Waals surface area contributed by atoms with Crippen LogP contribution in [0.4, 0.5) is 22.7 Å². The number of hydrogen-bond acceptors (Lipinski definition) is 17. The van der Waals surface area contributed by atoms with E-state index in [4.69, 9.17) is 17.3 Å². The van der Waals surface area contributed by atoms with E-state index in [1.807, 2.05) is 8.69 Å². The summed E-state index contributed by atoms with van der Waals surface area (Å²) >= 11 is 24.2. The molecule has 0 amide bonds. The Labute approximate surface area is 499 Å². The van der Waals surface area contributed by atoms with Crippen molar-refractivity contribution in [3.63, 3.8) is 0 Å². The van der Waals surface area contributed by atoms with Crippen LogP contribution in [0.25, 0.3) is 0 Å². The average molecular weight is 1710 g/mol. The predicted molar refractivity (Wildman–Crippen MR) is 287 cm³/mol. The van der Waals surface area contributed by atoms with Crippen molar-refractivity contribution in [2.45, 2.75) is 29.4 Å². The first kappa shape index (κ1) is 80.1. The minimum atomic E-state index is -3.38. The summed E-state index contributed by atoms with van der Waals surface area (Å²) < 4.78 is 47.9. The van der Waals surface area contributed by atoms with Crippen LogP contribution >= 0.6 is 159 Å². The smallest absolute Gasteiger partial charge is 0.796 e. The van der Waals surface area contributed by atoms with Gasteiger partial charge in [0.25, 0.3) is 17.1 Å². The predicted octanol–water partition coefficient (Wildman–Crippen LogP) is 7.77. The molecule has 4 rings (SSSR count). The Hall–Kier alpha value is 2.04. The molecule has 0 unspecified atom stereocenters. The van der Waals surface area contributed by atoms with Crippen LogP contribution in [0.15, 0.2) is 88.4 Å². The fourth-order valence-corrected chi connectivity index (χ4v) is 3.98. The quantitative estimate of drug-likeness (QED) is 0.0222. The fraction of sp³-hybridized carbons (Fsp3) is 0.241. The van der Waals surface area contributed by atoms with Crippen molar-refractivity contribution in [3.05, 3.63) is 111 Å². The van der Waals surface area contributed by atoms with Crippen LogP contribution < -0.4 is 35.3 Å². The van der Waals surface area contributed by atoms with Gasteiger partial charge in [-0.05, 0) is 41.0 Å². The van der Waals surface area contributed by atoms with E-state index in [-0.39, 0.29) is 106 Å². The molecule has 0 bridgehead atoms. The van der Waals surface area contributed by atoms with Crippen LogP contribution in [0.3, 0.4) is 0 Å². The number of hydrogen-bond donors (Lipinski definition) is 1. The molecular weight excluding hydrogens is 1670 g/mol. The molecule has 0 saturated carbocycles. The fourth-order valence-electron chi connectivity index (χ4n) is 2.39. The SMILES string of the molecule is C.CCI.CS(=O)(=O)c1ccc(N)cn1.CS(=O)(=O)c1ccc([N+](=O)[O-])cn1.CSc1ccc([N+](=O)[O-])cn1.C[S-].I[C-](I)I.I[CH-]I.O=[N+]([O-])c1ccc(Cl)nc1.[Na+].[V].[V]. The molecule has 0 spiro atoms. The van der Waals surface area contributed by atoms with Crippen molar-refractivity contribution in [1.29, 1.82) is 0 Å². The third-order valence-corrected chi connectivity index (χ3v) is 7.40. The molecule has 4 aromatic rings. The molecule has 2 N–H and O–H groups in total. The normalized spacial score (nSPS) is 8.95. The summed E-state index contributed by atoms with van der Waals surface area (Å²) in [7, 11) is -6.57. The molecule has 0 aliphatic heterocycles. The van der Waals surface area contributed by atoms with Crippen LogP contribution in [0.1, 0.15) is 14.4 Å². The maximum atomic E-state index is 10.9. The summed E-state index contributed by atoms with van der Waals surface area (Å²) in [6.45, 7) is 2.11. The number of nitrogens with two attached hydrogens (primary N) is 1. The Kier molecular flexibility index (Phi) is 63.7. The number of sulfone groups is 2. The van der Waals surface area contributed by atoms with E-state index in [0.717, 1.165) is 42.1 Å². The molecule has 0 atom stereocenters. The Morgan fingerprint density at radius 3 is 1.25 bits per heavy atom. The Bertz CT molecular complexity index is 1950. The van der Waals surface area contributed by atoms with E-state index in [1.54, 1.807) is 12.3 Å². The molecule has 338 valence electrons. The van der Waals surface area contributed by atoms with Gasteiger partial charge in [-0.25, -0.2) is 39.2 Å². The zero-order chi connectivity index (χ0) is 45.4. The van der Waals surface area contributed by atoms with Gasteiger partial charge < -0.3 is 63.5 Å². The Balaban J connectivity index is -0.0000000923. The summed E-state index contributed by atoms with van der Waals surface area (Å²) in [5.41, 5.74) is 5.52. The molecular formula is C29H36ClI6N8NaO10S4V2-2. The molecule has 0 fully saturated rings. The standard InChI is InChI=1S/C6H6N2O4S.C6H8N2O2S.C6H6N2O2S.C5H3ClN2O2.C2H5I.CI3.CHI2.CH4S.CH4.Na.2V/c1-13(11,12)6-3-2-5(4-7-6)8(9)10;1-11(9,10)6-3-2-5(7)4-8-6;1-11-6-3-2-5(4-7-6)8(9)10;6-5-2-1-4(3-7-5)8(9)10;1-2-3;2-1(3)4;2-1-3;1-2;;;;/h2-4H,1H3;2-4H,7H2,1H3;2-4H,1H3;1-3H;2H2,1H3;;1H;2H,1H3;1H4;;;/q;;;;;2*-1;;;+1;;/p-1. The van der Waals surface area contributed by atoms with Gasteiger partial charge in [-0.3, -0.25) is 98.1 Å². The van der Waals surface area contributed by atoms with E-state index in [1.165, 1.54) is 58.9 Å². The third-order valence-electron chi connectivity index (χ3n) is 4.51. The number of pyridine rings is 4. The molecule has 0 aliphatic rings. The molecule has 0 saturated heterocycles. The number of aromatic nitrogens is 4. The molecule has 0 aromatic carbocycles. The number of alkyl halides is 1. The van der Waals surface area contributed by atoms with E-state index in [0.29, 0.717) is 5.69 Å². The summed E-state index contributed by atoms with van der Waals surface area (Å²) in [5, 5.41) is 31.3. The number of halogens is 7. The second kappa shape index (κ2) is 48.5. The molecule has 0 aliphatic carbocycles. The maximum Gasteiger partial charge on any atom is 1.00 e. The number of nitro groups is 3. The average Bonchev–Trinajstić information content (AvgIpc) is 3.13. The van der Waals surface area contributed by atoms with Gasteiger partial charge in [0, 0.05) is 67.8 Å². The largest absolute Gasteiger partial charge is 1.00 e. The second-order valence-corrected chi connectivity index (χ2v) is 28.3. The van der Waals surface area contributed by atoms with Crippen LogP contribution in [0.5, 0.6) is 0 Å². The zero-order valence-corrected chi connectivity index (χ0v) is 53.4. The molecule has 2 radical (unpaired) electrons. The van der Waals surface area contributed by atoms with E-state index >= 15 is 0 Å². The van der Waals surface area contributed by atoms with E-state index in [2.05, 4.69) is 175 Å². The molecule has 4 heterocycles. The van der Waals surface area contributed by atoms with Crippen LogP contribution in [0.2, 0.25) is 5.15 Å². The number of anilines is 1. The van der Waals surface area contributed by atoms with Crippen molar-refractivity contribution in [2.75, 3.05) is 35.2 Å². The van der Waals surface area contributed by atoms with Crippen molar-refractivity contribution in [1.82, 2.24) is 19.9 Å². The first-order valence-corrected chi connectivity index (χ1v) is 27.3. The van der Waals surface area contributed by atoms with Gasteiger partial charge >= 0.3 is 29.6 Å². The topological polar surface area (TPSA) is 275 Å². The molecule has 61 heavy (non-hydrogen) atoms. The summed E-state index contributed by atoms with van der Waals surface area (Å²) in [5.74, 6) is 0. The Morgan fingerprint density at radius 2 is 1.03 bits per heavy atom. The summed E-state index contributed by atoms with van der Waals surface area (Å²) in [6.07, 6.45) is 10.1. The van der Waals surface area contributed by atoms with Crippen molar-refractivity contribution in [3.8, 4) is 0 Å². The van der Waals surface area contributed by atoms with Crippen LogP contribution in [-0.2, 0) is 69.4 Å².